The van der Waals surface area contributed by atoms with Gasteiger partial charge in [0.2, 0.25) is 0 Å². The van der Waals surface area contributed by atoms with E-state index in [0.29, 0.717) is 11.8 Å². The van der Waals surface area contributed by atoms with Crippen LogP contribution in [-0.2, 0) is 6.42 Å². The lowest BCUT2D eigenvalue weighted by Crippen LogP contribution is -2.16. The molecule has 1 unspecified atom stereocenters. The van der Waals surface area contributed by atoms with Crippen LogP contribution in [0.15, 0.2) is 34.9 Å². The molecule has 1 atom stereocenters. The Morgan fingerprint density at radius 2 is 2.05 bits per heavy atom. The number of furan rings is 1. The summed E-state index contributed by atoms with van der Waals surface area (Å²) in [6.07, 6.45) is 3.61. The van der Waals surface area contributed by atoms with E-state index in [1.807, 2.05) is 38.1 Å². The van der Waals surface area contributed by atoms with Crippen molar-refractivity contribution in [1.29, 1.82) is 0 Å². The van der Waals surface area contributed by atoms with Gasteiger partial charge in [-0.1, -0.05) is 6.07 Å². The average molecular weight is 259 g/mol. The van der Waals surface area contributed by atoms with Crippen LogP contribution >= 0.6 is 0 Å². The van der Waals surface area contributed by atoms with Gasteiger partial charge >= 0.3 is 0 Å². The first-order valence-corrected chi connectivity index (χ1v) is 6.66. The SMILES string of the molecule is Cc1ccc(NC(C)CCc2ccco2)c(C)c1O. The van der Waals surface area contributed by atoms with E-state index >= 15 is 0 Å². The number of phenolic OH excluding ortho intramolecular Hbond substituents is 1. The van der Waals surface area contributed by atoms with Gasteiger partial charge in [0, 0.05) is 23.7 Å². The third-order valence-corrected chi connectivity index (χ3v) is 3.44. The number of aryl methyl sites for hydroxylation is 2. The second-order valence-corrected chi connectivity index (χ2v) is 5.07. The Kier molecular flexibility index (Phi) is 4.15. The highest BCUT2D eigenvalue weighted by molar-refractivity contribution is 5.59. The number of aromatic hydroxyl groups is 1. The molecule has 0 saturated heterocycles. The number of hydrogen-bond acceptors (Lipinski definition) is 3. The third-order valence-electron chi connectivity index (χ3n) is 3.44. The molecule has 1 aromatic heterocycles. The van der Waals surface area contributed by atoms with Crippen LogP contribution in [0.25, 0.3) is 0 Å². The third kappa shape index (κ3) is 3.31. The maximum atomic E-state index is 9.93. The van der Waals surface area contributed by atoms with Crippen LogP contribution < -0.4 is 5.32 Å². The van der Waals surface area contributed by atoms with Crippen LogP contribution in [0.2, 0.25) is 0 Å². The molecule has 1 heterocycles. The Labute approximate surface area is 114 Å². The zero-order valence-electron chi connectivity index (χ0n) is 11.7. The molecule has 19 heavy (non-hydrogen) atoms. The second kappa shape index (κ2) is 5.83. The molecule has 2 aromatic rings. The lowest BCUT2D eigenvalue weighted by atomic mass is 10.1. The Morgan fingerprint density at radius 1 is 1.26 bits per heavy atom. The van der Waals surface area contributed by atoms with E-state index < -0.39 is 0 Å². The Hall–Kier alpha value is -1.90. The van der Waals surface area contributed by atoms with E-state index in [1.54, 1.807) is 6.26 Å². The van der Waals surface area contributed by atoms with Gasteiger partial charge in [-0.3, -0.25) is 0 Å². The summed E-state index contributed by atoms with van der Waals surface area (Å²) in [5.41, 5.74) is 2.81. The van der Waals surface area contributed by atoms with Gasteiger partial charge in [-0.2, -0.15) is 0 Å². The van der Waals surface area contributed by atoms with Crippen LogP contribution in [0.1, 0.15) is 30.2 Å². The summed E-state index contributed by atoms with van der Waals surface area (Å²) in [6.45, 7) is 5.98. The number of phenols is 1. The zero-order chi connectivity index (χ0) is 13.8. The van der Waals surface area contributed by atoms with Crippen LogP contribution in [0, 0.1) is 13.8 Å². The summed E-state index contributed by atoms with van der Waals surface area (Å²) in [5.74, 6) is 1.39. The van der Waals surface area contributed by atoms with Crippen molar-refractivity contribution in [2.24, 2.45) is 0 Å². The molecule has 2 rings (SSSR count). The largest absolute Gasteiger partial charge is 0.507 e. The maximum absolute atomic E-state index is 9.93. The molecular weight excluding hydrogens is 238 g/mol. The summed E-state index contributed by atoms with van der Waals surface area (Å²) < 4.78 is 5.32. The first kappa shape index (κ1) is 13.5. The fourth-order valence-corrected chi connectivity index (χ4v) is 2.14. The van der Waals surface area contributed by atoms with Gasteiger partial charge in [-0.15, -0.1) is 0 Å². The van der Waals surface area contributed by atoms with E-state index in [4.69, 9.17) is 4.42 Å². The number of nitrogens with one attached hydrogen (secondary N) is 1. The summed E-state index contributed by atoms with van der Waals surface area (Å²) in [5, 5.41) is 13.4. The topological polar surface area (TPSA) is 45.4 Å². The van der Waals surface area contributed by atoms with Crippen molar-refractivity contribution in [2.75, 3.05) is 5.32 Å². The van der Waals surface area contributed by atoms with Gasteiger partial charge in [0.1, 0.15) is 11.5 Å². The molecule has 0 fully saturated rings. The maximum Gasteiger partial charge on any atom is 0.123 e. The van der Waals surface area contributed by atoms with E-state index in [2.05, 4.69) is 12.2 Å². The van der Waals surface area contributed by atoms with Gasteiger partial charge < -0.3 is 14.8 Å². The predicted molar refractivity (Wildman–Crippen MR) is 77.7 cm³/mol. The van der Waals surface area contributed by atoms with Gasteiger partial charge in [0.25, 0.3) is 0 Å². The van der Waals surface area contributed by atoms with Crippen molar-refractivity contribution in [2.45, 2.75) is 39.7 Å². The Morgan fingerprint density at radius 3 is 2.74 bits per heavy atom. The average Bonchev–Trinajstić information content (AvgIpc) is 2.90. The summed E-state index contributed by atoms with van der Waals surface area (Å²) in [6, 6.07) is 8.19. The lowest BCUT2D eigenvalue weighted by Gasteiger charge is -2.18. The summed E-state index contributed by atoms with van der Waals surface area (Å²) >= 11 is 0. The monoisotopic (exact) mass is 259 g/mol. The van der Waals surface area contributed by atoms with Crippen LogP contribution in [-0.4, -0.2) is 11.1 Å². The molecule has 0 amide bonds. The standard InChI is InChI=1S/C16H21NO2/c1-11-6-9-15(13(3)16(11)18)17-12(2)7-8-14-5-4-10-19-14/h4-6,9-10,12,17-18H,7-8H2,1-3H3. The molecule has 0 radical (unpaired) electrons. The number of benzene rings is 1. The van der Waals surface area contributed by atoms with E-state index in [0.717, 1.165) is 35.4 Å². The molecule has 3 nitrogen and oxygen atoms in total. The van der Waals surface area contributed by atoms with Crippen molar-refractivity contribution in [3.63, 3.8) is 0 Å². The zero-order valence-corrected chi connectivity index (χ0v) is 11.7. The van der Waals surface area contributed by atoms with Gasteiger partial charge in [-0.25, -0.2) is 0 Å². The molecule has 3 heteroatoms. The smallest absolute Gasteiger partial charge is 0.123 e. The molecule has 0 aliphatic heterocycles. The first-order chi connectivity index (χ1) is 9.08. The first-order valence-electron chi connectivity index (χ1n) is 6.66. The summed E-state index contributed by atoms with van der Waals surface area (Å²) in [7, 11) is 0. The molecule has 0 spiro atoms. The minimum Gasteiger partial charge on any atom is -0.507 e. The highest BCUT2D eigenvalue weighted by Crippen LogP contribution is 2.28. The van der Waals surface area contributed by atoms with Gasteiger partial charge in [0.05, 0.1) is 6.26 Å². The molecular formula is C16H21NO2. The summed E-state index contributed by atoms with van der Waals surface area (Å²) in [4.78, 5) is 0. The highest BCUT2D eigenvalue weighted by atomic mass is 16.3. The number of hydrogen-bond donors (Lipinski definition) is 2. The molecule has 2 N–H and O–H groups in total. The minimum absolute atomic E-state index is 0.325. The highest BCUT2D eigenvalue weighted by Gasteiger charge is 2.09. The lowest BCUT2D eigenvalue weighted by molar-refractivity contribution is 0.467. The van der Waals surface area contributed by atoms with Crippen LogP contribution in [0.5, 0.6) is 5.75 Å². The second-order valence-electron chi connectivity index (χ2n) is 5.07. The molecule has 0 saturated carbocycles. The van der Waals surface area contributed by atoms with Crippen LogP contribution in [0.4, 0.5) is 5.69 Å². The fourth-order valence-electron chi connectivity index (χ4n) is 2.14. The van der Waals surface area contributed by atoms with Crippen molar-refractivity contribution < 1.29 is 9.52 Å². The van der Waals surface area contributed by atoms with Crippen molar-refractivity contribution in [3.8, 4) is 5.75 Å². The van der Waals surface area contributed by atoms with Crippen molar-refractivity contribution in [3.05, 3.63) is 47.4 Å². The number of rotatable bonds is 5. The normalized spacial score (nSPS) is 12.4. The van der Waals surface area contributed by atoms with Crippen LogP contribution in [0.3, 0.4) is 0 Å². The minimum atomic E-state index is 0.325. The molecule has 0 bridgehead atoms. The molecule has 0 aliphatic rings. The van der Waals surface area contributed by atoms with E-state index in [1.165, 1.54) is 0 Å². The Bertz CT molecular complexity index is 532. The fraction of sp³-hybridized carbons (Fsp3) is 0.375. The molecule has 0 aliphatic carbocycles. The van der Waals surface area contributed by atoms with Crippen molar-refractivity contribution >= 4 is 5.69 Å². The van der Waals surface area contributed by atoms with E-state index in [-0.39, 0.29) is 0 Å². The van der Waals surface area contributed by atoms with Crippen molar-refractivity contribution in [1.82, 2.24) is 0 Å². The quantitative estimate of drug-likeness (QED) is 0.852. The molecule has 102 valence electrons. The predicted octanol–water partition coefficient (Wildman–Crippen LogP) is 4.04. The molecule has 1 aromatic carbocycles. The van der Waals surface area contributed by atoms with Gasteiger partial charge in [0.15, 0.2) is 0 Å². The number of anilines is 1. The van der Waals surface area contributed by atoms with Gasteiger partial charge in [-0.05, 0) is 51.0 Å². The van der Waals surface area contributed by atoms with E-state index in [9.17, 15) is 5.11 Å². The Balaban J connectivity index is 1.95.